The largest absolute Gasteiger partial charge is 3.00 e. The Morgan fingerprint density at radius 3 is 2.00 bits per heavy atom. The van der Waals surface area contributed by atoms with Gasteiger partial charge in [-0.1, -0.05) is 6.92 Å². The van der Waals surface area contributed by atoms with Crippen LogP contribution in [0.15, 0.2) is 0 Å². The first kappa shape index (κ1) is 24.7. The average molecular weight is 409 g/mol. The van der Waals surface area contributed by atoms with Gasteiger partial charge in [-0.15, -0.1) is 13.1 Å². The van der Waals surface area contributed by atoms with Crippen LogP contribution in [0.25, 0.3) is 0 Å². The van der Waals surface area contributed by atoms with Gasteiger partial charge in [0.2, 0.25) is 10.0 Å². The van der Waals surface area contributed by atoms with E-state index in [1.807, 2.05) is 6.92 Å². The van der Waals surface area contributed by atoms with Crippen LogP contribution in [0, 0.1) is 20.8 Å². The zero-order valence-electron chi connectivity index (χ0n) is 13.2. The molecule has 126 valence electrons. The van der Waals surface area contributed by atoms with Crippen molar-refractivity contribution in [1.29, 1.82) is 0 Å². The molecule has 0 radical (unpaired) electrons. The van der Waals surface area contributed by atoms with Crippen LogP contribution in [0.3, 0.4) is 0 Å². The van der Waals surface area contributed by atoms with Crippen molar-refractivity contribution in [3.8, 4) is 0 Å². The molecular weight excluding hydrogens is 383 g/mol. The maximum atomic E-state index is 12.5. The Bertz CT molecular complexity index is 408. The summed E-state index contributed by atoms with van der Waals surface area (Å²) in [5.41, 5.74) is 1.47. The molecule has 1 amide bonds. The van der Waals surface area contributed by atoms with Gasteiger partial charge >= 0.3 is 32.7 Å². The molecule has 0 aliphatic carbocycles. The number of amides is 1. The molecule has 1 fully saturated rings. The molecule has 0 spiro atoms. The summed E-state index contributed by atoms with van der Waals surface area (Å²) in [6, 6.07) is 0. The van der Waals surface area contributed by atoms with Crippen molar-refractivity contribution in [2.75, 3.05) is 26.2 Å². The van der Waals surface area contributed by atoms with Crippen molar-refractivity contribution in [3.63, 3.8) is 0 Å². The summed E-state index contributed by atoms with van der Waals surface area (Å²) < 4.78 is 24.4. The topological polar surface area (TPSA) is 98.7 Å². The molecule has 7 nitrogen and oxygen atoms in total. The monoisotopic (exact) mass is 409 g/mol. The number of hydroxylamine groups is 1. The smallest absolute Gasteiger partial charge is 0.344 e. The fraction of sp³-hybridized carbons (Fsp3) is 0.692. The van der Waals surface area contributed by atoms with E-state index in [-0.39, 0.29) is 58.6 Å². The molecule has 0 bridgehead atoms. The van der Waals surface area contributed by atoms with E-state index in [9.17, 15) is 13.2 Å². The van der Waals surface area contributed by atoms with Gasteiger partial charge in [0.05, 0.1) is 0 Å². The van der Waals surface area contributed by atoms with Crippen LogP contribution in [-0.4, -0.2) is 54.8 Å². The molecule has 1 saturated heterocycles. The molecule has 3 N–H and O–H groups in total. The van der Waals surface area contributed by atoms with E-state index in [4.69, 9.17) is 5.21 Å². The SMILES string of the molecule is [CH2-]CC.[CH2-]CN(C[CH2-])S(=O)(=O)C1(C(=O)NO)CCNCC1.[Y+3]. The van der Waals surface area contributed by atoms with Crippen LogP contribution < -0.4 is 10.8 Å². The fourth-order valence-electron chi connectivity index (χ4n) is 2.13. The molecule has 1 rings (SSSR count). The van der Waals surface area contributed by atoms with Crippen LogP contribution in [0.2, 0.25) is 0 Å². The van der Waals surface area contributed by atoms with Gasteiger partial charge in [0, 0.05) is 0 Å². The Hall–Kier alpha value is 0.404. The Kier molecular flexibility index (Phi) is 13.3. The predicted molar refractivity (Wildman–Crippen MR) is 81.6 cm³/mol. The van der Waals surface area contributed by atoms with E-state index in [1.54, 1.807) is 0 Å². The summed E-state index contributed by atoms with van der Waals surface area (Å²) in [6.07, 6.45) is 1.22. The first-order valence-corrected chi connectivity index (χ1v) is 8.34. The van der Waals surface area contributed by atoms with Crippen LogP contribution in [-0.2, 0) is 47.5 Å². The minimum absolute atomic E-state index is 0. The fourth-order valence-corrected chi connectivity index (χ4v) is 4.11. The van der Waals surface area contributed by atoms with E-state index in [2.05, 4.69) is 26.1 Å². The number of nitrogens with zero attached hydrogens (tertiary/aromatic N) is 1. The number of hydrogen-bond acceptors (Lipinski definition) is 5. The summed E-state index contributed by atoms with van der Waals surface area (Å²) in [4.78, 5) is 11.8. The molecule has 0 atom stereocenters. The molecular formula is C13H26N3O4SY. The van der Waals surface area contributed by atoms with Crippen molar-refractivity contribution in [2.24, 2.45) is 0 Å². The zero-order valence-corrected chi connectivity index (χ0v) is 16.8. The van der Waals surface area contributed by atoms with Gasteiger partial charge < -0.3 is 26.1 Å². The summed E-state index contributed by atoms with van der Waals surface area (Å²) >= 11 is 0. The number of sulfonamides is 1. The molecule has 1 heterocycles. The molecule has 9 heteroatoms. The van der Waals surface area contributed by atoms with Crippen LogP contribution >= 0.6 is 0 Å². The van der Waals surface area contributed by atoms with Gasteiger partial charge in [0.25, 0.3) is 5.91 Å². The van der Waals surface area contributed by atoms with E-state index < -0.39 is 20.7 Å². The van der Waals surface area contributed by atoms with Crippen molar-refractivity contribution in [1.82, 2.24) is 15.1 Å². The standard InChI is InChI=1S/C10H19N3O4S.C3H7.Y/c1-3-13(4-2)18(16,17)10(9(14)12-15)5-7-11-8-6-10;1-3-2;/h11,15H,1-8H2,(H,12,14);1,3H2,2H3;/q-2;-1;+3. The number of hydrogen-bond donors (Lipinski definition) is 3. The molecule has 1 aliphatic heterocycles. The third-order valence-electron chi connectivity index (χ3n) is 3.26. The molecule has 0 unspecified atom stereocenters. The number of carbonyl (C=O) groups is 1. The second-order valence-electron chi connectivity index (χ2n) is 4.59. The normalized spacial score (nSPS) is 17.0. The molecule has 22 heavy (non-hydrogen) atoms. The minimum atomic E-state index is -3.90. The number of carbonyl (C=O) groups excluding carboxylic acids is 1. The Balaban J connectivity index is 0. The molecule has 0 aromatic heterocycles. The first-order valence-electron chi connectivity index (χ1n) is 6.90. The van der Waals surface area contributed by atoms with Crippen LogP contribution in [0.5, 0.6) is 0 Å². The molecule has 1 aliphatic rings. The predicted octanol–water partition coefficient (Wildman–Crippen LogP) is 0.142. The molecule has 0 aromatic rings. The van der Waals surface area contributed by atoms with Crippen molar-refractivity contribution in [3.05, 3.63) is 20.8 Å². The van der Waals surface area contributed by atoms with Gasteiger partial charge in [-0.2, -0.15) is 6.42 Å². The third-order valence-corrected chi connectivity index (χ3v) is 5.89. The summed E-state index contributed by atoms with van der Waals surface area (Å²) in [5, 5.41) is 11.8. The Morgan fingerprint density at radius 2 is 1.68 bits per heavy atom. The maximum absolute atomic E-state index is 12.5. The third kappa shape index (κ3) is 5.49. The van der Waals surface area contributed by atoms with Gasteiger partial charge in [-0.3, -0.25) is 14.3 Å². The van der Waals surface area contributed by atoms with Crippen LogP contribution in [0.1, 0.15) is 26.2 Å². The second-order valence-corrected chi connectivity index (χ2v) is 6.84. The van der Waals surface area contributed by atoms with Gasteiger partial charge in [0.1, 0.15) is 0 Å². The van der Waals surface area contributed by atoms with E-state index in [1.165, 1.54) is 5.48 Å². The summed E-state index contributed by atoms with van der Waals surface area (Å²) in [5.74, 6) is -0.893. The average Bonchev–Trinajstić information content (AvgIpc) is 2.48. The van der Waals surface area contributed by atoms with E-state index in [0.717, 1.165) is 10.7 Å². The summed E-state index contributed by atoms with van der Waals surface area (Å²) in [6.45, 7) is 13.4. The van der Waals surface area contributed by atoms with E-state index >= 15 is 0 Å². The van der Waals surface area contributed by atoms with E-state index in [0.29, 0.717) is 13.1 Å². The van der Waals surface area contributed by atoms with Crippen molar-refractivity contribution in [2.45, 2.75) is 30.9 Å². The Labute approximate surface area is 159 Å². The number of rotatable bonds is 5. The second kappa shape index (κ2) is 11.9. The minimum Gasteiger partial charge on any atom is -0.344 e. The van der Waals surface area contributed by atoms with Gasteiger partial charge in [0.15, 0.2) is 4.75 Å². The maximum Gasteiger partial charge on any atom is 3.00 e. The summed E-state index contributed by atoms with van der Waals surface area (Å²) in [7, 11) is -3.90. The van der Waals surface area contributed by atoms with Gasteiger partial charge in [-0.25, -0.2) is 13.9 Å². The van der Waals surface area contributed by atoms with Crippen LogP contribution in [0.4, 0.5) is 0 Å². The van der Waals surface area contributed by atoms with Gasteiger partial charge in [-0.05, 0) is 25.9 Å². The zero-order chi connectivity index (χ0) is 16.5. The van der Waals surface area contributed by atoms with Crippen molar-refractivity contribution >= 4 is 15.9 Å². The Morgan fingerprint density at radius 1 is 1.27 bits per heavy atom. The molecule has 0 aromatic carbocycles. The van der Waals surface area contributed by atoms with Crippen molar-refractivity contribution < 1.29 is 51.1 Å². The number of piperidine rings is 1. The quantitative estimate of drug-likeness (QED) is 0.341. The number of nitrogens with one attached hydrogen (secondary N) is 2. The molecule has 0 saturated carbocycles. The first-order chi connectivity index (χ1) is 9.87.